The molecule has 3 fully saturated rings. The maximum atomic E-state index is 13.1. The number of hydrogen-bond acceptors (Lipinski definition) is 7. The van der Waals surface area contributed by atoms with Gasteiger partial charge in [-0.2, -0.15) is 22.8 Å². The number of carbonyl (C=O) groups is 3. The third-order valence-corrected chi connectivity index (χ3v) is 6.91. The van der Waals surface area contributed by atoms with Crippen molar-refractivity contribution in [2.75, 3.05) is 17.2 Å². The number of carbonyl (C=O) groups excluding carboxylic acids is 3. The van der Waals surface area contributed by atoms with E-state index in [0.717, 1.165) is 17.7 Å². The van der Waals surface area contributed by atoms with Gasteiger partial charge in [0, 0.05) is 36.3 Å². The van der Waals surface area contributed by atoms with Gasteiger partial charge in [0.05, 0.1) is 6.20 Å². The van der Waals surface area contributed by atoms with Crippen molar-refractivity contribution in [2.24, 2.45) is 0 Å². The number of imide groups is 1. The zero-order chi connectivity index (χ0) is 27.0. The predicted molar refractivity (Wildman–Crippen MR) is 132 cm³/mol. The molecule has 38 heavy (non-hydrogen) atoms. The summed E-state index contributed by atoms with van der Waals surface area (Å²) >= 11 is 0. The monoisotopic (exact) mass is 534 g/mol. The van der Waals surface area contributed by atoms with E-state index in [1.807, 2.05) is 6.07 Å². The van der Waals surface area contributed by atoms with Crippen LogP contribution in [-0.2, 0) is 9.59 Å². The third kappa shape index (κ3) is 5.53. The number of urea groups is 1. The summed E-state index contributed by atoms with van der Waals surface area (Å²) < 4.78 is 40.9. The first-order valence-corrected chi connectivity index (χ1v) is 12.8. The van der Waals surface area contributed by atoms with Gasteiger partial charge < -0.3 is 20.9 Å². The van der Waals surface area contributed by atoms with Crippen molar-refractivity contribution in [3.05, 3.63) is 23.5 Å². The van der Waals surface area contributed by atoms with Crippen LogP contribution < -0.4 is 21.3 Å². The molecule has 5 rings (SSSR count). The second kappa shape index (κ2) is 10.1. The van der Waals surface area contributed by atoms with Gasteiger partial charge in [0.2, 0.25) is 0 Å². The van der Waals surface area contributed by atoms with E-state index in [1.54, 1.807) is 17.6 Å². The van der Waals surface area contributed by atoms with E-state index < -0.39 is 30.1 Å². The third-order valence-electron chi connectivity index (χ3n) is 6.91. The number of nitrogens with one attached hydrogen (secondary N) is 4. The highest BCUT2D eigenvalue weighted by Crippen LogP contribution is 2.31. The molecule has 204 valence electrons. The van der Waals surface area contributed by atoms with Crippen molar-refractivity contribution in [2.45, 2.75) is 76.2 Å². The summed E-state index contributed by atoms with van der Waals surface area (Å²) in [6.45, 7) is 1.83. The van der Waals surface area contributed by atoms with Gasteiger partial charge in [-0.1, -0.05) is 6.92 Å². The summed E-state index contributed by atoms with van der Waals surface area (Å²) in [6, 6.07) is 1.07. The van der Waals surface area contributed by atoms with Crippen LogP contribution in [0.4, 0.5) is 29.6 Å². The smallest absolute Gasteiger partial charge is 0.367 e. The summed E-state index contributed by atoms with van der Waals surface area (Å²) in [4.78, 5) is 41.1. The fourth-order valence-corrected chi connectivity index (χ4v) is 4.93. The Labute approximate surface area is 216 Å². The highest BCUT2D eigenvalue weighted by atomic mass is 19.4. The second-order valence-electron chi connectivity index (χ2n) is 9.89. The Kier molecular flexibility index (Phi) is 6.88. The standard InChI is InChI=1S/C24H29F3N8O3/c1-2-9-34(22(37)24(25,26)27)16-7-5-14(6-8-16)29-18-11-19(30-15-3-4-15)35-20(32-18)13(12-28-35)10-17-21(36)33-23(38)31-17/h10-12,14-16,30H,2-9H2,1H3,(H,29,32)(H2,31,33,36,38). The summed E-state index contributed by atoms with van der Waals surface area (Å²) in [5.74, 6) is -1.05. The fraction of sp³-hybridized carbons (Fsp3) is 0.542. The van der Waals surface area contributed by atoms with Gasteiger partial charge in [0.1, 0.15) is 17.3 Å². The number of amides is 4. The normalized spacial score (nSPS) is 22.9. The molecule has 2 saturated carbocycles. The van der Waals surface area contributed by atoms with Gasteiger partial charge in [0.25, 0.3) is 5.91 Å². The number of hydrogen-bond donors (Lipinski definition) is 4. The van der Waals surface area contributed by atoms with Gasteiger partial charge in [-0.3, -0.25) is 14.9 Å². The second-order valence-corrected chi connectivity index (χ2v) is 9.89. The molecule has 4 amide bonds. The van der Waals surface area contributed by atoms with Crippen LogP contribution >= 0.6 is 0 Å². The average molecular weight is 535 g/mol. The lowest BCUT2D eigenvalue weighted by Gasteiger charge is -2.37. The average Bonchev–Trinajstić information content (AvgIpc) is 3.50. The number of nitrogens with zero attached hydrogens (tertiary/aromatic N) is 4. The molecule has 0 spiro atoms. The molecule has 3 heterocycles. The van der Waals surface area contributed by atoms with Crippen molar-refractivity contribution >= 4 is 41.2 Å². The molecule has 0 radical (unpaired) electrons. The molecule has 14 heteroatoms. The molecule has 0 aromatic carbocycles. The van der Waals surface area contributed by atoms with Crippen LogP contribution in [0.25, 0.3) is 11.7 Å². The molecule has 11 nitrogen and oxygen atoms in total. The molecule has 1 aliphatic heterocycles. The zero-order valence-corrected chi connectivity index (χ0v) is 20.8. The molecule has 4 N–H and O–H groups in total. The van der Waals surface area contributed by atoms with Gasteiger partial charge in [-0.15, -0.1) is 0 Å². The molecule has 0 atom stereocenters. The van der Waals surface area contributed by atoms with Crippen LogP contribution in [0.15, 0.2) is 18.0 Å². The van der Waals surface area contributed by atoms with Crippen LogP contribution in [-0.4, -0.2) is 68.2 Å². The molecule has 0 bridgehead atoms. The Balaban J connectivity index is 1.34. The number of rotatable bonds is 8. The molecule has 2 aromatic rings. The SMILES string of the molecule is CCCN(C(=O)C(F)(F)F)C1CCC(Nc2cc(NC3CC3)n3ncc(C=C4NC(=O)NC4=O)c3n2)CC1. The summed E-state index contributed by atoms with van der Waals surface area (Å²) in [6.07, 6.45) is 2.77. The number of aromatic nitrogens is 3. The predicted octanol–water partition coefficient (Wildman–Crippen LogP) is 3.01. The van der Waals surface area contributed by atoms with E-state index >= 15 is 0 Å². The highest BCUT2D eigenvalue weighted by Gasteiger charge is 2.44. The van der Waals surface area contributed by atoms with E-state index in [9.17, 15) is 27.6 Å². The highest BCUT2D eigenvalue weighted by molar-refractivity contribution is 6.14. The molecular formula is C24H29F3N8O3. The van der Waals surface area contributed by atoms with Gasteiger partial charge in [-0.05, 0) is 51.0 Å². The van der Waals surface area contributed by atoms with Crippen molar-refractivity contribution in [3.63, 3.8) is 0 Å². The summed E-state index contributed by atoms with van der Waals surface area (Å²) in [5.41, 5.74) is 1.09. The maximum Gasteiger partial charge on any atom is 0.471 e. The molecule has 1 saturated heterocycles. The van der Waals surface area contributed by atoms with Crippen molar-refractivity contribution in [1.82, 2.24) is 30.1 Å². The van der Waals surface area contributed by atoms with Crippen LogP contribution in [0.2, 0.25) is 0 Å². The van der Waals surface area contributed by atoms with E-state index in [2.05, 4.69) is 26.4 Å². The van der Waals surface area contributed by atoms with Gasteiger partial charge in [-0.25, -0.2) is 9.78 Å². The number of anilines is 2. The van der Waals surface area contributed by atoms with Crippen LogP contribution in [0, 0.1) is 0 Å². The van der Waals surface area contributed by atoms with Crippen LogP contribution in [0.5, 0.6) is 0 Å². The topological polar surface area (TPSA) is 133 Å². The molecule has 0 unspecified atom stereocenters. The van der Waals surface area contributed by atoms with E-state index in [1.165, 1.54) is 6.08 Å². The summed E-state index contributed by atoms with van der Waals surface area (Å²) in [7, 11) is 0. The molecule has 2 aliphatic carbocycles. The quantitative estimate of drug-likeness (QED) is 0.302. The van der Waals surface area contributed by atoms with Crippen molar-refractivity contribution in [3.8, 4) is 0 Å². The Hall–Kier alpha value is -3.84. The first-order valence-electron chi connectivity index (χ1n) is 12.8. The van der Waals surface area contributed by atoms with Gasteiger partial charge >= 0.3 is 18.1 Å². The zero-order valence-electron chi connectivity index (χ0n) is 20.8. The minimum Gasteiger partial charge on any atom is -0.367 e. The molecule has 2 aromatic heterocycles. The molecular weight excluding hydrogens is 505 g/mol. The minimum atomic E-state index is -4.88. The Morgan fingerprint density at radius 2 is 1.82 bits per heavy atom. The number of fused-ring (bicyclic) bond motifs is 1. The Bertz CT molecular complexity index is 1280. The largest absolute Gasteiger partial charge is 0.471 e. The molecule has 3 aliphatic rings. The number of alkyl halides is 3. The number of halogens is 3. The van der Waals surface area contributed by atoms with Crippen molar-refractivity contribution < 1.29 is 27.6 Å². The summed E-state index contributed by atoms with van der Waals surface area (Å²) in [5, 5.41) is 15.8. The van der Waals surface area contributed by atoms with Crippen molar-refractivity contribution in [1.29, 1.82) is 0 Å². The van der Waals surface area contributed by atoms with Crippen LogP contribution in [0.1, 0.15) is 57.4 Å². The van der Waals surface area contributed by atoms with E-state index in [-0.39, 0.29) is 18.3 Å². The lowest BCUT2D eigenvalue weighted by atomic mass is 9.90. The van der Waals surface area contributed by atoms with E-state index in [4.69, 9.17) is 4.98 Å². The van der Waals surface area contributed by atoms with Crippen LogP contribution in [0.3, 0.4) is 0 Å². The minimum absolute atomic E-state index is 0.0379. The van der Waals surface area contributed by atoms with Gasteiger partial charge in [0.15, 0.2) is 5.65 Å². The fourth-order valence-electron chi connectivity index (χ4n) is 4.93. The Morgan fingerprint density at radius 3 is 2.42 bits per heavy atom. The lowest BCUT2D eigenvalue weighted by molar-refractivity contribution is -0.188. The first-order chi connectivity index (χ1) is 18.1. The maximum absolute atomic E-state index is 13.1. The Morgan fingerprint density at radius 1 is 1.13 bits per heavy atom. The van der Waals surface area contributed by atoms with E-state index in [0.29, 0.717) is 61.0 Å². The lowest BCUT2D eigenvalue weighted by Crippen LogP contribution is -2.49. The first kappa shape index (κ1) is 25.8.